The average Bonchev–Trinajstić information content (AvgIpc) is 3.24. The molecule has 2 aliphatic heterocycles. The Balaban J connectivity index is 1.46. The third-order valence-electron chi connectivity index (χ3n) is 5.46. The molecular formula is C21H27N5O. The van der Waals surface area contributed by atoms with E-state index in [1.54, 1.807) is 6.20 Å². The number of amides is 2. The van der Waals surface area contributed by atoms with Gasteiger partial charge < -0.3 is 20.0 Å². The van der Waals surface area contributed by atoms with Gasteiger partial charge in [0.25, 0.3) is 0 Å². The van der Waals surface area contributed by atoms with Crippen LogP contribution >= 0.6 is 0 Å². The Morgan fingerprint density at radius 1 is 1.04 bits per heavy atom. The zero-order chi connectivity index (χ0) is 18.6. The summed E-state index contributed by atoms with van der Waals surface area (Å²) in [6.45, 7) is 4.56. The average molecular weight is 365 g/mol. The van der Waals surface area contributed by atoms with Crippen LogP contribution < -0.4 is 10.2 Å². The number of nitrogens with zero attached hydrogens (tertiary/aromatic N) is 4. The quantitative estimate of drug-likeness (QED) is 0.908. The highest BCUT2D eigenvalue weighted by molar-refractivity contribution is 5.89. The molecule has 3 heterocycles. The Morgan fingerprint density at radius 3 is 2.52 bits per heavy atom. The van der Waals surface area contributed by atoms with Gasteiger partial charge in [0.1, 0.15) is 5.82 Å². The van der Waals surface area contributed by atoms with Crippen molar-refractivity contribution in [2.24, 2.45) is 0 Å². The van der Waals surface area contributed by atoms with E-state index < -0.39 is 0 Å². The molecule has 0 saturated carbocycles. The number of carbonyl (C=O) groups is 1. The van der Waals surface area contributed by atoms with Crippen LogP contribution in [0.25, 0.3) is 0 Å². The topological polar surface area (TPSA) is 51.7 Å². The molecule has 0 spiro atoms. The van der Waals surface area contributed by atoms with Crippen LogP contribution in [-0.2, 0) is 0 Å². The summed E-state index contributed by atoms with van der Waals surface area (Å²) in [4.78, 5) is 24.0. The minimum Gasteiger partial charge on any atom is -0.357 e. The molecule has 2 aromatic rings. The molecule has 2 saturated heterocycles. The number of benzene rings is 1. The fourth-order valence-electron chi connectivity index (χ4n) is 3.91. The van der Waals surface area contributed by atoms with Crippen molar-refractivity contribution in [3.05, 3.63) is 54.2 Å². The number of hydrogen-bond donors (Lipinski definition) is 1. The second kappa shape index (κ2) is 7.96. The lowest BCUT2D eigenvalue weighted by Gasteiger charge is -2.40. The molecule has 142 valence electrons. The van der Waals surface area contributed by atoms with Gasteiger partial charge in [-0.3, -0.25) is 0 Å². The third kappa shape index (κ3) is 4.06. The summed E-state index contributed by atoms with van der Waals surface area (Å²) in [6, 6.07) is 14.2. The first-order chi connectivity index (χ1) is 13.2. The number of carbonyl (C=O) groups excluding carboxylic acids is 1. The first kappa shape index (κ1) is 17.8. The number of piperazine rings is 1. The number of pyridine rings is 1. The van der Waals surface area contributed by atoms with Gasteiger partial charge >= 0.3 is 6.03 Å². The monoisotopic (exact) mass is 365 g/mol. The predicted molar refractivity (Wildman–Crippen MR) is 108 cm³/mol. The van der Waals surface area contributed by atoms with Crippen LogP contribution in [0.4, 0.5) is 16.3 Å². The van der Waals surface area contributed by atoms with Gasteiger partial charge in [0.15, 0.2) is 0 Å². The minimum atomic E-state index is -0.0623. The molecular weight excluding hydrogens is 338 g/mol. The maximum Gasteiger partial charge on any atom is 0.322 e. The molecule has 1 atom stereocenters. The fraction of sp³-hybridized carbons (Fsp3) is 0.429. The molecule has 27 heavy (non-hydrogen) atoms. The smallest absolute Gasteiger partial charge is 0.322 e. The van der Waals surface area contributed by atoms with Crippen molar-refractivity contribution in [2.75, 3.05) is 50.0 Å². The summed E-state index contributed by atoms with van der Waals surface area (Å²) in [5.41, 5.74) is 1.91. The van der Waals surface area contributed by atoms with Crippen LogP contribution in [0.2, 0.25) is 0 Å². The Kier molecular flexibility index (Phi) is 5.25. The first-order valence-corrected chi connectivity index (χ1v) is 9.73. The Hall–Kier alpha value is -2.60. The van der Waals surface area contributed by atoms with Gasteiger partial charge in [-0.05, 0) is 37.6 Å². The fourth-order valence-corrected chi connectivity index (χ4v) is 3.91. The molecule has 0 bridgehead atoms. The SMILES string of the molecule is CN1CCN(C(=O)Nc2ccc(N3CCCC3)nc2)[C@H](c2ccccc2)C1. The van der Waals surface area contributed by atoms with Crippen LogP contribution in [0.3, 0.4) is 0 Å². The van der Waals surface area contributed by atoms with Crippen molar-refractivity contribution in [3.8, 4) is 0 Å². The first-order valence-electron chi connectivity index (χ1n) is 9.73. The molecule has 0 radical (unpaired) electrons. The summed E-state index contributed by atoms with van der Waals surface area (Å²) in [7, 11) is 2.10. The summed E-state index contributed by atoms with van der Waals surface area (Å²) in [5.74, 6) is 0.993. The number of nitrogens with one attached hydrogen (secondary N) is 1. The minimum absolute atomic E-state index is 0.0572. The number of hydrogen-bond acceptors (Lipinski definition) is 4. The highest BCUT2D eigenvalue weighted by Crippen LogP contribution is 2.26. The van der Waals surface area contributed by atoms with Gasteiger partial charge in [-0.1, -0.05) is 30.3 Å². The van der Waals surface area contributed by atoms with Crippen LogP contribution in [0.5, 0.6) is 0 Å². The van der Waals surface area contributed by atoms with E-state index >= 15 is 0 Å². The third-order valence-corrected chi connectivity index (χ3v) is 5.46. The number of rotatable bonds is 3. The molecule has 0 aliphatic carbocycles. The molecule has 2 aliphatic rings. The van der Waals surface area contributed by atoms with Crippen molar-refractivity contribution in [2.45, 2.75) is 18.9 Å². The molecule has 1 aromatic carbocycles. The van der Waals surface area contributed by atoms with E-state index in [-0.39, 0.29) is 12.1 Å². The standard InChI is InChI=1S/C21H27N5O/c1-24-13-14-26(19(16-24)17-7-3-2-4-8-17)21(27)23-18-9-10-20(22-15-18)25-11-5-6-12-25/h2-4,7-10,15,19H,5-6,11-14,16H2,1H3,(H,23,27)/t19-/m0/s1. The van der Waals surface area contributed by atoms with E-state index in [0.29, 0.717) is 6.54 Å². The molecule has 4 rings (SSSR count). The predicted octanol–water partition coefficient (Wildman–Crippen LogP) is 3.20. The Morgan fingerprint density at radius 2 is 1.81 bits per heavy atom. The van der Waals surface area contributed by atoms with Crippen molar-refractivity contribution in [1.82, 2.24) is 14.8 Å². The normalized spacial score (nSPS) is 20.7. The van der Waals surface area contributed by atoms with Crippen LogP contribution in [-0.4, -0.2) is 60.6 Å². The second-order valence-corrected chi connectivity index (χ2v) is 7.41. The molecule has 0 unspecified atom stereocenters. The van der Waals surface area contributed by atoms with Gasteiger partial charge in [0, 0.05) is 32.7 Å². The van der Waals surface area contributed by atoms with E-state index in [0.717, 1.165) is 37.7 Å². The van der Waals surface area contributed by atoms with Crippen molar-refractivity contribution >= 4 is 17.5 Å². The number of aromatic nitrogens is 1. The van der Waals surface area contributed by atoms with Gasteiger partial charge in [-0.15, -0.1) is 0 Å². The molecule has 6 nitrogen and oxygen atoms in total. The van der Waals surface area contributed by atoms with E-state index in [9.17, 15) is 4.79 Å². The van der Waals surface area contributed by atoms with Crippen LogP contribution in [0, 0.1) is 0 Å². The second-order valence-electron chi connectivity index (χ2n) is 7.41. The summed E-state index contributed by atoms with van der Waals surface area (Å²) < 4.78 is 0. The van der Waals surface area contributed by atoms with Crippen molar-refractivity contribution < 1.29 is 4.79 Å². The van der Waals surface area contributed by atoms with E-state index in [1.807, 2.05) is 35.2 Å². The maximum absolute atomic E-state index is 13.0. The van der Waals surface area contributed by atoms with Gasteiger partial charge in [-0.25, -0.2) is 9.78 Å². The van der Waals surface area contributed by atoms with E-state index in [1.165, 1.54) is 18.4 Å². The van der Waals surface area contributed by atoms with Crippen LogP contribution in [0.1, 0.15) is 24.4 Å². The van der Waals surface area contributed by atoms with Crippen LogP contribution in [0.15, 0.2) is 48.7 Å². The van der Waals surface area contributed by atoms with Gasteiger partial charge in [-0.2, -0.15) is 0 Å². The lowest BCUT2D eigenvalue weighted by molar-refractivity contribution is 0.116. The van der Waals surface area contributed by atoms with E-state index in [2.05, 4.69) is 39.3 Å². The Bertz CT molecular complexity index is 758. The lowest BCUT2D eigenvalue weighted by atomic mass is 10.0. The number of anilines is 2. The van der Waals surface area contributed by atoms with E-state index in [4.69, 9.17) is 0 Å². The number of likely N-dealkylation sites (N-methyl/N-ethyl adjacent to an activating group) is 1. The summed E-state index contributed by atoms with van der Waals surface area (Å²) in [5, 5.41) is 3.03. The largest absolute Gasteiger partial charge is 0.357 e. The summed E-state index contributed by atoms with van der Waals surface area (Å²) >= 11 is 0. The highest BCUT2D eigenvalue weighted by atomic mass is 16.2. The summed E-state index contributed by atoms with van der Waals surface area (Å²) in [6.07, 6.45) is 4.22. The Labute approximate surface area is 160 Å². The lowest BCUT2D eigenvalue weighted by Crippen LogP contribution is -2.50. The molecule has 1 N–H and O–H groups in total. The molecule has 1 aromatic heterocycles. The molecule has 2 amide bonds. The van der Waals surface area contributed by atoms with Gasteiger partial charge in [0.05, 0.1) is 17.9 Å². The van der Waals surface area contributed by atoms with Crippen molar-refractivity contribution in [3.63, 3.8) is 0 Å². The van der Waals surface area contributed by atoms with Crippen molar-refractivity contribution in [1.29, 1.82) is 0 Å². The maximum atomic E-state index is 13.0. The zero-order valence-electron chi connectivity index (χ0n) is 15.8. The number of urea groups is 1. The molecule has 2 fully saturated rings. The highest BCUT2D eigenvalue weighted by Gasteiger charge is 2.30. The molecule has 6 heteroatoms. The van der Waals surface area contributed by atoms with Gasteiger partial charge in [0.2, 0.25) is 0 Å². The zero-order valence-corrected chi connectivity index (χ0v) is 15.8.